The Balaban J connectivity index is 1.83. The fourth-order valence-corrected chi connectivity index (χ4v) is 2.79. The van der Waals surface area contributed by atoms with Crippen LogP contribution in [0.5, 0.6) is 0 Å². The Bertz CT molecular complexity index is 1030. The first-order valence-corrected chi connectivity index (χ1v) is 8.39. The molecular weight excluding hydrogens is 378 g/mol. The van der Waals surface area contributed by atoms with Crippen LogP contribution < -0.4 is 10.9 Å². The number of carbonyl (C=O) groups excluding carboxylic acids is 1. The summed E-state index contributed by atoms with van der Waals surface area (Å²) in [5.74, 6) is -1.01. The zero-order chi connectivity index (χ0) is 18.7. The molecule has 0 spiro atoms. The van der Waals surface area contributed by atoms with E-state index in [1.54, 1.807) is 18.2 Å². The third-order valence-electron chi connectivity index (χ3n) is 3.67. The van der Waals surface area contributed by atoms with Gasteiger partial charge in [-0.15, -0.1) is 0 Å². The van der Waals surface area contributed by atoms with Crippen LogP contribution in [0.4, 0.5) is 10.1 Å². The van der Waals surface area contributed by atoms with Crippen LogP contribution in [0.1, 0.15) is 15.9 Å². The Morgan fingerprint density at radius 2 is 1.88 bits per heavy atom. The third kappa shape index (κ3) is 4.31. The van der Waals surface area contributed by atoms with Gasteiger partial charge in [0.25, 0.3) is 11.5 Å². The number of benzene rings is 2. The lowest BCUT2D eigenvalue weighted by atomic mass is 10.2. The second-order valence-electron chi connectivity index (χ2n) is 5.60. The van der Waals surface area contributed by atoms with Crippen molar-refractivity contribution in [1.82, 2.24) is 4.57 Å². The number of pyridine rings is 1. The molecule has 0 aliphatic rings. The van der Waals surface area contributed by atoms with Crippen molar-refractivity contribution in [3.8, 4) is 0 Å². The molecule has 0 unspecified atom stereocenters. The summed E-state index contributed by atoms with van der Waals surface area (Å²) in [7, 11) is 0. The van der Waals surface area contributed by atoms with Crippen molar-refractivity contribution in [1.29, 1.82) is 0 Å². The molecule has 3 rings (SSSR count). The molecule has 0 saturated heterocycles. The molecule has 0 aliphatic carbocycles. The smallest absolute Gasteiger partial charge is 0.257 e. The maximum absolute atomic E-state index is 13.2. The van der Waals surface area contributed by atoms with Gasteiger partial charge in [0.2, 0.25) is 0 Å². The standard InChI is InChI=1S/C19H13Cl2FN2O2/c20-14-3-1-2-12(8-14)10-24-11-13(4-7-18(24)25)19(26)23-15-5-6-17(22)16(21)9-15/h1-9,11H,10H2,(H,23,26). The molecule has 0 atom stereocenters. The van der Waals surface area contributed by atoms with Gasteiger partial charge in [0, 0.05) is 23.0 Å². The average Bonchev–Trinajstić information content (AvgIpc) is 2.60. The summed E-state index contributed by atoms with van der Waals surface area (Å²) >= 11 is 11.7. The van der Waals surface area contributed by atoms with Gasteiger partial charge >= 0.3 is 0 Å². The number of hydrogen-bond acceptors (Lipinski definition) is 2. The molecule has 0 radical (unpaired) electrons. The number of amides is 1. The van der Waals surface area contributed by atoms with Gasteiger partial charge < -0.3 is 9.88 Å². The molecule has 1 N–H and O–H groups in total. The zero-order valence-electron chi connectivity index (χ0n) is 13.4. The fourth-order valence-electron chi connectivity index (χ4n) is 2.40. The molecule has 4 nitrogen and oxygen atoms in total. The van der Waals surface area contributed by atoms with Crippen molar-refractivity contribution in [2.45, 2.75) is 6.54 Å². The molecule has 0 saturated carbocycles. The lowest BCUT2D eigenvalue weighted by Crippen LogP contribution is -2.22. The highest BCUT2D eigenvalue weighted by Gasteiger charge is 2.10. The Morgan fingerprint density at radius 3 is 2.62 bits per heavy atom. The lowest BCUT2D eigenvalue weighted by molar-refractivity contribution is 0.102. The first-order valence-electron chi connectivity index (χ1n) is 7.64. The van der Waals surface area contributed by atoms with Crippen molar-refractivity contribution in [2.24, 2.45) is 0 Å². The van der Waals surface area contributed by atoms with E-state index in [4.69, 9.17) is 23.2 Å². The molecule has 26 heavy (non-hydrogen) atoms. The molecule has 7 heteroatoms. The van der Waals surface area contributed by atoms with Crippen LogP contribution in [0, 0.1) is 5.82 Å². The van der Waals surface area contributed by atoms with E-state index in [0.717, 1.165) is 11.6 Å². The van der Waals surface area contributed by atoms with Crippen LogP contribution >= 0.6 is 23.2 Å². The maximum atomic E-state index is 13.2. The summed E-state index contributed by atoms with van der Waals surface area (Å²) in [6.07, 6.45) is 1.46. The van der Waals surface area contributed by atoms with E-state index in [2.05, 4.69) is 5.32 Å². The van der Waals surface area contributed by atoms with Crippen molar-refractivity contribution in [2.75, 3.05) is 5.32 Å². The molecule has 0 bridgehead atoms. The SMILES string of the molecule is O=C(Nc1ccc(F)c(Cl)c1)c1ccc(=O)n(Cc2cccc(Cl)c2)c1. The summed E-state index contributed by atoms with van der Waals surface area (Å²) in [6.45, 7) is 0.281. The number of hydrogen-bond donors (Lipinski definition) is 1. The summed E-state index contributed by atoms with van der Waals surface area (Å²) in [5, 5.41) is 3.10. The van der Waals surface area contributed by atoms with Gasteiger partial charge in [-0.3, -0.25) is 9.59 Å². The van der Waals surface area contributed by atoms with E-state index < -0.39 is 11.7 Å². The number of anilines is 1. The van der Waals surface area contributed by atoms with Gasteiger partial charge in [0.15, 0.2) is 0 Å². The molecule has 1 amide bonds. The number of halogens is 3. The minimum atomic E-state index is -0.570. The number of carbonyl (C=O) groups is 1. The van der Waals surface area contributed by atoms with Crippen molar-refractivity contribution in [3.63, 3.8) is 0 Å². The van der Waals surface area contributed by atoms with E-state index in [-0.39, 0.29) is 22.7 Å². The van der Waals surface area contributed by atoms with Crippen LogP contribution in [-0.2, 0) is 6.54 Å². The highest BCUT2D eigenvalue weighted by Crippen LogP contribution is 2.20. The number of nitrogens with zero attached hydrogens (tertiary/aromatic N) is 1. The van der Waals surface area contributed by atoms with Crippen LogP contribution in [0.2, 0.25) is 10.0 Å². The Hall–Kier alpha value is -2.63. The minimum Gasteiger partial charge on any atom is -0.322 e. The van der Waals surface area contributed by atoms with Gasteiger partial charge in [-0.1, -0.05) is 35.3 Å². The molecule has 2 aromatic carbocycles. The monoisotopic (exact) mass is 390 g/mol. The Morgan fingerprint density at radius 1 is 1.08 bits per heavy atom. The molecule has 0 fully saturated rings. The minimum absolute atomic E-state index is 0.0891. The third-order valence-corrected chi connectivity index (χ3v) is 4.19. The second kappa shape index (κ2) is 7.72. The van der Waals surface area contributed by atoms with Crippen molar-refractivity contribution in [3.05, 3.63) is 98.1 Å². The summed E-state index contributed by atoms with van der Waals surface area (Å²) < 4.78 is 14.6. The van der Waals surface area contributed by atoms with E-state index in [9.17, 15) is 14.0 Å². The van der Waals surface area contributed by atoms with Gasteiger partial charge in [-0.25, -0.2) is 4.39 Å². The number of nitrogens with one attached hydrogen (secondary N) is 1. The van der Waals surface area contributed by atoms with Gasteiger partial charge in [-0.2, -0.15) is 0 Å². The van der Waals surface area contributed by atoms with Crippen molar-refractivity contribution >= 4 is 34.8 Å². The molecule has 1 heterocycles. The second-order valence-corrected chi connectivity index (χ2v) is 6.44. The summed E-state index contributed by atoms with van der Waals surface area (Å²) in [5.41, 5.74) is 1.23. The Labute approximate surface area is 158 Å². The molecule has 3 aromatic rings. The first-order chi connectivity index (χ1) is 12.4. The fraction of sp³-hybridized carbons (Fsp3) is 0.0526. The van der Waals surface area contributed by atoms with E-state index in [1.807, 2.05) is 6.07 Å². The van der Waals surface area contributed by atoms with Crippen LogP contribution in [0.25, 0.3) is 0 Å². The molecule has 132 valence electrons. The van der Waals surface area contributed by atoms with E-state index >= 15 is 0 Å². The number of rotatable bonds is 4. The normalized spacial score (nSPS) is 10.6. The summed E-state index contributed by atoms with van der Waals surface area (Å²) in [6, 6.07) is 13.8. The van der Waals surface area contributed by atoms with Crippen LogP contribution in [0.15, 0.2) is 65.6 Å². The average molecular weight is 391 g/mol. The van der Waals surface area contributed by atoms with Crippen LogP contribution in [-0.4, -0.2) is 10.5 Å². The van der Waals surface area contributed by atoms with E-state index in [1.165, 1.54) is 35.0 Å². The molecule has 1 aromatic heterocycles. The predicted octanol–water partition coefficient (Wildman–Crippen LogP) is 4.59. The van der Waals surface area contributed by atoms with Crippen molar-refractivity contribution < 1.29 is 9.18 Å². The summed E-state index contributed by atoms with van der Waals surface area (Å²) in [4.78, 5) is 24.5. The lowest BCUT2D eigenvalue weighted by Gasteiger charge is -2.10. The van der Waals surface area contributed by atoms with Gasteiger partial charge in [0.05, 0.1) is 17.1 Å². The van der Waals surface area contributed by atoms with E-state index in [0.29, 0.717) is 10.7 Å². The highest BCUT2D eigenvalue weighted by atomic mass is 35.5. The van der Waals surface area contributed by atoms with Gasteiger partial charge in [-0.05, 0) is 42.0 Å². The molecule has 0 aliphatic heterocycles. The van der Waals surface area contributed by atoms with Gasteiger partial charge in [0.1, 0.15) is 5.82 Å². The first kappa shape index (κ1) is 18.2. The highest BCUT2D eigenvalue weighted by molar-refractivity contribution is 6.31. The Kier molecular flexibility index (Phi) is 5.40. The number of aromatic nitrogens is 1. The largest absolute Gasteiger partial charge is 0.322 e. The molecular formula is C19H13Cl2FN2O2. The topological polar surface area (TPSA) is 51.1 Å². The quantitative estimate of drug-likeness (QED) is 0.707. The maximum Gasteiger partial charge on any atom is 0.257 e. The predicted molar refractivity (Wildman–Crippen MR) is 101 cm³/mol. The zero-order valence-corrected chi connectivity index (χ0v) is 14.9. The van der Waals surface area contributed by atoms with Crippen LogP contribution in [0.3, 0.4) is 0 Å².